The number of aryl methyl sites for hydroxylation is 1. The lowest BCUT2D eigenvalue weighted by Gasteiger charge is -2.18. The van der Waals surface area contributed by atoms with Crippen molar-refractivity contribution in [3.63, 3.8) is 0 Å². The van der Waals surface area contributed by atoms with Crippen LogP contribution in [0.4, 0.5) is 11.6 Å². The Labute approximate surface area is 113 Å². The number of aliphatic hydroxyl groups excluding tert-OH is 1. The molecule has 1 aromatic heterocycles. The van der Waals surface area contributed by atoms with E-state index in [9.17, 15) is 5.11 Å². The molecule has 6 heteroatoms. The van der Waals surface area contributed by atoms with Crippen molar-refractivity contribution < 1.29 is 9.84 Å². The summed E-state index contributed by atoms with van der Waals surface area (Å²) >= 11 is 0. The van der Waals surface area contributed by atoms with Gasteiger partial charge in [-0.05, 0) is 19.8 Å². The van der Waals surface area contributed by atoms with Gasteiger partial charge < -0.3 is 20.1 Å². The van der Waals surface area contributed by atoms with E-state index in [0.717, 1.165) is 50.0 Å². The highest BCUT2D eigenvalue weighted by molar-refractivity contribution is 5.50. The third-order valence-corrected chi connectivity index (χ3v) is 3.14. The lowest BCUT2D eigenvalue weighted by molar-refractivity contribution is 0.197. The fourth-order valence-corrected chi connectivity index (χ4v) is 2.19. The van der Waals surface area contributed by atoms with Gasteiger partial charge in [0.2, 0.25) is 0 Å². The molecule has 2 N–H and O–H groups in total. The average molecular weight is 266 g/mol. The summed E-state index contributed by atoms with van der Waals surface area (Å²) in [7, 11) is 1.70. The zero-order valence-corrected chi connectivity index (χ0v) is 11.6. The van der Waals surface area contributed by atoms with Crippen molar-refractivity contribution in [3.05, 3.63) is 11.9 Å². The zero-order valence-electron chi connectivity index (χ0n) is 11.6. The number of nitrogens with zero attached hydrogens (tertiary/aromatic N) is 3. The highest BCUT2D eigenvalue weighted by atomic mass is 16.5. The lowest BCUT2D eigenvalue weighted by atomic mass is 10.3. The summed E-state index contributed by atoms with van der Waals surface area (Å²) in [5.74, 6) is 2.46. The van der Waals surface area contributed by atoms with Crippen molar-refractivity contribution in [1.29, 1.82) is 0 Å². The molecule has 1 aromatic rings. The highest BCUT2D eigenvalue weighted by Gasteiger charge is 2.21. The van der Waals surface area contributed by atoms with Gasteiger partial charge in [-0.3, -0.25) is 0 Å². The van der Waals surface area contributed by atoms with Crippen molar-refractivity contribution in [2.45, 2.75) is 25.9 Å². The van der Waals surface area contributed by atoms with Gasteiger partial charge in [0.15, 0.2) is 0 Å². The minimum atomic E-state index is -0.242. The SMILES string of the molecule is COCCCNc1cc(N2CCC(O)C2)nc(C)n1. The first-order valence-electron chi connectivity index (χ1n) is 6.70. The predicted molar refractivity (Wildman–Crippen MR) is 74.6 cm³/mol. The standard InChI is InChI=1S/C13H22N4O2/c1-10-15-12(14-5-3-7-19-2)8-13(16-10)17-6-4-11(18)9-17/h8,11,18H,3-7,9H2,1-2H3,(H,14,15,16). The molecule has 0 bridgehead atoms. The van der Waals surface area contributed by atoms with Gasteiger partial charge in [0, 0.05) is 39.4 Å². The molecule has 1 fully saturated rings. The molecule has 0 spiro atoms. The molecule has 1 aliphatic rings. The minimum absolute atomic E-state index is 0.242. The van der Waals surface area contributed by atoms with Gasteiger partial charge in [-0.2, -0.15) is 0 Å². The first-order chi connectivity index (χ1) is 9.19. The monoisotopic (exact) mass is 266 g/mol. The number of ether oxygens (including phenoxy) is 1. The number of β-amino-alcohol motifs (C(OH)–C–C–N with tert-alkyl or cyclic N) is 1. The van der Waals surface area contributed by atoms with Crippen LogP contribution in [0, 0.1) is 6.92 Å². The van der Waals surface area contributed by atoms with Crippen LogP contribution in [0.2, 0.25) is 0 Å². The Balaban J connectivity index is 1.98. The second-order valence-corrected chi connectivity index (χ2v) is 4.82. The molecular formula is C13H22N4O2. The summed E-state index contributed by atoms with van der Waals surface area (Å²) in [6.07, 6.45) is 1.50. The van der Waals surface area contributed by atoms with Gasteiger partial charge in [0.05, 0.1) is 6.10 Å². The van der Waals surface area contributed by atoms with Crippen LogP contribution in [-0.4, -0.2) is 54.5 Å². The van der Waals surface area contributed by atoms with Crippen molar-refractivity contribution >= 4 is 11.6 Å². The third-order valence-electron chi connectivity index (χ3n) is 3.14. The van der Waals surface area contributed by atoms with Crippen molar-refractivity contribution in [3.8, 4) is 0 Å². The molecule has 1 unspecified atom stereocenters. The molecule has 0 aromatic carbocycles. The lowest BCUT2D eigenvalue weighted by Crippen LogP contribution is -2.23. The Bertz CT molecular complexity index is 414. The van der Waals surface area contributed by atoms with Gasteiger partial charge in [0.25, 0.3) is 0 Å². The van der Waals surface area contributed by atoms with Gasteiger partial charge in [-0.25, -0.2) is 9.97 Å². The van der Waals surface area contributed by atoms with Crippen LogP contribution in [-0.2, 0) is 4.74 Å². The first-order valence-corrected chi connectivity index (χ1v) is 6.70. The van der Waals surface area contributed by atoms with Crippen molar-refractivity contribution in [2.24, 2.45) is 0 Å². The van der Waals surface area contributed by atoms with E-state index in [4.69, 9.17) is 4.74 Å². The Morgan fingerprint density at radius 3 is 3.05 bits per heavy atom. The Kier molecular flexibility index (Phi) is 4.93. The number of rotatable bonds is 6. The normalized spacial score (nSPS) is 18.9. The van der Waals surface area contributed by atoms with Crippen LogP contribution in [0.5, 0.6) is 0 Å². The summed E-state index contributed by atoms with van der Waals surface area (Å²) in [5, 5.41) is 12.9. The Morgan fingerprint density at radius 2 is 2.37 bits per heavy atom. The molecule has 6 nitrogen and oxygen atoms in total. The van der Waals surface area contributed by atoms with Crippen molar-refractivity contribution in [1.82, 2.24) is 9.97 Å². The molecule has 2 heterocycles. The molecule has 106 valence electrons. The molecule has 1 aliphatic heterocycles. The van der Waals surface area contributed by atoms with Crippen molar-refractivity contribution in [2.75, 3.05) is 43.6 Å². The molecule has 1 saturated heterocycles. The van der Waals surface area contributed by atoms with Crippen LogP contribution in [0.25, 0.3) is 0 Å². The van der Waals surface area contributed by atoms with Crippen LogP contribution >= 0.6 is 0 Å². The maximum atomic E-state index is 9.59. The Hall–Kier alpha value is -1.40. The number of methoxy groups -OCH3 is 1. The van der Waals surface area contributed by atoms with Crippen LogP contribution in [0.3, 0.4) is 0 Å². The van der Waals surface area contributed by atoms with Crippen LogP contribution in [0.15, 0.2) is 6.07 Å². The van der Waals surface area contributed by atoms with Gasteiger partial charge in [-0.1, -0.05) is 0 Å². The van der Waals surface area contributed by atoms with E-state index in [0.29, 0.717) is 6.54 Å². The molecule has 0 amide bonds. The number of hydrogen-bond acceptors (Lipinski definition) is 6. The van der Waals surface area contributed by atoms with E-state index >= 15 is 0 Å². The van der Waals surface area contributed by atoms with Gasteiger partial charge in [-0.15, -0.1) is 0 Å². The maximum absolute atomic E-state index is 9.59. The molecule has 0 saturated carbocycles. The molecular weight excluding hydrogens is 244 g/mol. The molecule has 2 rings (SSSR count). The molecule has 19 heavy (non-hydrogen) atoms. The number of hydrogen-bond donors (Lipinski definition) is 2. The average Bonchev–Trinajstić information content (AvgIpc) is 2.81. The maximum Gasteiger partial charge on any atom is 0.134 e. The van der Waals surface area contributed by atoms with E-state index in [2.05, 4.69) is 20.2 Å². The van der Waals surface area contributed by atoms with E-state index in [1.54, 1.807) is 7.11 Å². The third kappa shape index (κ3) is 4.04. The summed E-state index contributed by atoms with van der Waals surface area (Å²) in [5.41, 5.74) is 0. The fourth-order valence-electron chi connectivity index (χ4n) is 2.19. The van der Waals surface area contributed by atoms with Crippen LogP contribution in [0.1, 0.15) is 18.7 Å². The largest absolute Gasteiger partial charge is 0.391 e. The molecule has 0 radical (unpaired) electrons. The summed E-state index contributed by atoms with van der Waals surface area (Å²) < 4.78 is 5.01. The molecule has 0 aliphatic carbocycles. The Morgan fingerprint density at radius 1 is 1.53 bits per heavy atom. The summed E-state index contributed by atoms with van der Waals surface area (Å²) in [4.78, 5) is 10.9. The zero-order chi connectivity index (χ0) is 13.7. The van der Waals surface area contributed by atoms with E-state index in [-0.39, 0.29) is 6.10 Å². The highest BCUT2D eigenvalue weighted by Crippen LogP contribution is 2.20. The van der Waals surface area contributed by atoms with E-state index in [1.165, 1.54) is 0 Å². The van der Waals surface area contributed by atoms with E-state index < -0.39 is 0 Å². The smallest absolute Gasteiger partial charge is 0.134 e. The van der Waals surface area contributed by atoms with Gasteiger partial charge >= 0.3 is 0 Å². The second kappa shape index (κ2) is 6.68. The molecule has 1 atom stereocenters. The number of aliphatic hydroxyl groups is 1. The number of anilines is 2. The topological polar surface area (TPSA) is 70.5 Å². The minimum Gasteiger partial charge on any atom is -0.391 e. The first kappa shape index (κ1) is 14.0. The number of nitrogens with one attached hydrogen (secondary N) is 1. The summed E-state index contributed by atoms with van der Waals surface area (Å²) in [6, 6.07) is 1.94. The number of aromatic nitrogens is 2. The van der Waals surface area contributed by atoms with E-state index in [1.807, 2.05) is 13.0 Å². The van der Waals surface area contributed by atoms with Gasteiger partial charge in [0.1, 0.15) is 17.5 Å². The summed E-state index contributed by atoms with van der Waals surface area (Å²) in [6.45, 7) is 4.95. The second-order valence-electron chi connectivity index (χ2n) is 4.82. The van der Waals surface area contributed by atoms with Crippen LogP contribution < -0.4 is 10.2 Å². The quantitative estimate of drug-likeness (QED) is 0.742. The fraction of sp³-hybridized carbons (Fsp3) is 0.692. The predicted octanol–water partition coefficient (Wildman–Crippen LogP) is 0.804.